The molecule has 0 fully saturated rings. The summed E-state index contributed by atoms with van der Waals surface area (Å²) < 4.78 is 1.44. The fourth-order valence-electron chi connectivity index (χ4n) is 1.34. The zero-order valence-electron chi connectivity index (χ0n) is 7.55. The van der Waals surface area contributed by atoms with Gasteiger partial charge in [0.05, 0.1) is 0 Å². The second kappa shape index (κ2) is 2.57. The number of fused-ring (bicyclic) bond motifs is 1. The summed E-state index contributed by atoms with van der Waals surface area (Å²) >= 11 is 3.66. The smallest absolute Gasteiger partial charge is 0.0452 e. The second-order valence-corrected chi connectivity index (χ2v) is 5.70. The minimum Gasteiger partial charge on any atom is -0.150 e. The lowest BCUT2D eigenvalue weighted by atomic mass is 9.88. The summed E-state index contributed by atoms with van der Waals surface area (Å²) in [7, 11) is 0. The highest BCUT2D eigenvalue weighted by Crippen LogP contribution is 2.36. The quantitative estimate of drug-likeness (QED) is 0.590. The highest BCUT2D eigenvalue weighted by molar-refractivity contribution is 7.21. The first-order valence-corrected chi connectivity index (χ1v) is 5.85. The standard InChI is InChI=1S/C10H12S2/c1-10(2,3)8-5-12-9-6-11-4-7(8)9/h4-6H,1-3H3. The van der Waals surface area contributed by atoms with Crippen molar-refractivity contribution in [3.8, 4) is 0 Å². The van der Waals surface area contributed by atoms with Crippen molar-refractivity contribution in [3.05, 3.63) is 21.7 Å². The third-order valence-corrected chi connectivity index (χ3v) is 3.87. The summed E-state index contributed by atoms with van der Waals surface area (Å²) in [6.45, 7) is 6.81. The number of rotatable bonds is 0. The van der Waals surface area contributed by atoms with Gasteiger partial charge >= 0.3 is 0 Å². The lowest BCUT2D eigenvalue weighted by molar-refractivity contribution is 0.598. The molecular formula is C10H12S2. The summed E-state index contributed by atoms with van der Waals surface area (Å²) in [6.07, 6.45) is 0. The molecule has 2 heteroatoms. The molecule has 0 bridgehead atoms. The molecular weight excluding hydrogens is 184 g/mol. The van der Waals surface area contributed by atoms with Crippen molar-refractivity contribution in [2.45, 2.75) is 26.2 Å². The predicted molar refractivity (Wildman–Crippen MR) is 58.4 cm³/mol. The molecule has 0 aromatic carbocycles. The van der Waals surface area contributed by atoms with Crippen LogP contribution in [0.4, 0.5) is 0 Å². The third-order valence-electron chi connectivity index (χ3n) is 2.03. The zero-order valence-corrected chi connectivity index (χ0v) is 9.18. The molecule has 0 aliphatic heterocycles. The third kappa shape index (κ3) is 1.19. The summed E-state index contributed by atoms with van der Waals surface area (Å²) in [5, 5.41) is 8.23. The summed E-state index contributed by atoms with van der Waals surface area (Å²) in [6, 6.07) is 0. The average molecular weight is 196 g/mol. The Bertz CT molecular complexity index is 387. The van der Waals surface area contributed by atoms with E-state index in [0.717, 1.165) is 0 Å². The van der Waals surface area contributed by atoms with Crippen LogP contribution in [0, 0.1) is 0 Å². The van der Waals surface area contributed by atoms with Gasteiger partial charge in [-0.05, 0) is 21.7 Å². The topological polar surface area (TPSA) is 0 Å². The first-order valence-electron chi connectivity index (χ1n) is 4.03. The van der Waals surface area contributed by atoms with Crippen LogP contribution in [-0.2, 0) is 5.41 Å². The normalized spacial score (nSPS) is 12.6. The van der Waals surface area contributed by atoms with Crippen molar-refractivity contribution < 1.29 is 0 Å². The molecule has 2 heterocycles. The Labute approximate surface area is 80.9 Å². The van der Waals surface area contributed by atoms with Crippen LogP contribution in [0.3, 0.4) is 0 Å². The van der Waals surface area contributed by atoms with Gasteiger partial charge in [-0.1, -0.05) is 20.8 Å². The maximum atomic E-state index is 2.29. The van der Waals surface area contributed by atoms with E-state index in [9.17, 15) is 0 Å². The van der Waals surface area contributed by atoms with Gasteiger partial charge in [0.2, 0.25) is 0 Å². The van der Waals surface area contributed by atoms with Crippen LogP contribution >= 0.6 is 22.7 Å². The maximum absolute atomic E-state index is 2.29. The highest BCUT2D eigenvalue weighted by Gasteiger charge is 2.18. The van der Waals surface area contributed by atoms with Gasteiger partial charge in [0.15, 0.2) is 0 Å². The van der Waals surface area contributed by atoms with Crippen LogP contribution in [0.15, 0.2) is 16.1 Å². The molecule has 0 atom stereocenters. The van der Waals surface area contributed by atoms with Crippen molar-refractivity contribution in [1.29, 1.82) is 0 Å². The first kappa shape index (κ1) is 8.27. The van der Waals surface area contributed by atoms with Gasteiger partial charge < -0.3 is 0 Å². The molecule has 0 saturated carbocycles. The molecule has 0 aliphatic rings. The predicted octanol–water partition coefficient (Wildman–Crippen LogP) is 4.26. The van der Waals surface area contributed by atoms with Crippen LogP contribution in [0.1, 0.15) is 26.3 Å². The number of thiophene rings is 2. The van der Waals surface area contributed by atoms with E-state index in [1.165, 1.54) is 15.6 Å². The molecule has 0 unspecified atom stereocenters. The van der Waals surface area contributed by atoms with E-state index in [0.29, 0.717) is 5.41 Å². The van der Waals surface area contributed by atoms with E-state index in [1.807, 2.05) is 11.3 Å². The van der Waals surface area contributed by atoms with Crippen LogP contribution in [0.25, 0.3) is 10.1 Å². The van der Waals surface area contributed by atoms with E-state index in [1.54, 1.807) is 11.3 Å². The average Bonchev–Trinajstić information content (AvgIpc) is 2.37. The molecule has 0 nitrogen and oxygen atoms in total. The zero-order chi connectivity index (χ0) is 8.77. The van der Waals surface area contributed by atoms with E-state index in [4.69, 9.17) is 0 Å². The first-order chi connectivity index (χ1) is 5.59. The van der Waals surface area contributed by atoms with E-state index < -0.39 is 0 Å². The van der Waals surface area contributed by atoms with Crippen molar-refractivity contribution >= 4 is 32.8 Å². The Balaban J connectivity index is 2.69. The Morgan fingerprint density at radius 3 is 2.50 bits per heavy atom. The molecule has 12 heavy (non-hydrogen) atoms. The Morgan fingerprint density at radius 1 is 1.08 bits per heavy atom. The van der Waals surface area contributed by atoms with Crippen LogP contribution in [0.2, 0.25) is 0 Å². The van der Waals surface area contributed by atoms with Crippen molar-refractivity contribution in [2.75, 3.05) is 0 Å². The van der Waals surface area contributed by atoms with Crippen molar-refractivity contribution in [2.24, 2.45) is 0 Å². The molecule has 0 saturated heterocycles. The van der Waals surface area contributed by atoms with Crippen molar-refractivity contribution in [1.82, 2.24) is 0 Å². The highest BCUT2D eigenvalue weighted by atomic mass is 32.1. The Morgan fingerprint density at radius 2 is 1.83 bits per heavy atom. The number of hydrogen-bond donors (Lipinski definition) is 0. The Kier molecular flexibility index (Phi) is 1.77. The van der Waals surface area contributed by atoms with Gasteiger partial charge in [-0.2, -0.15) is 11.3 Å². The molecule has 2 aromatic heterocycles. The fourth-order valence-corrected chi connectivity index (χ4v) is 3.53. The van der Waals surface area contributed by atoms with Crippen LogP contribution in [-0.4, -0.2) is 0 Å². The van der Waals surface area contributed by atoms with E-state index >= 15 is 0 Å². The molecule has 0 N–H and O–H groups in total. The van der Waals surface area contributed by atoms with Gasteiger partial charge in [0.25, 0.3) is 0 Å². The fraction of sp³-hybridized carbons (Fsp3) is 0.400. The SMILES string of the molecule is CC(C)(C)c1csc2cscc12. The number of hydrogen-bond acceptors (Lipinski definition) is 2. The molecule has 0 spiro atoms. The molecule has 0 aliphatic carbocycles. The molecule has 64 valence electrons. The minimum absolute atomic E-state index is 0.291. The van der Waals surface area contributed by atoms with Crippen LogP contribution in [0.5, 0.6) is 0 Å². The lowest BCUT2D eigenvalue weighted by Crippen LogP contribution is -2.09. The Hall–Kier alpha value is -0.340. The van der Waals surface area contributed by atoms with Gasteiger partial charge in [0, 0.05) is 15.5 Å². The molecule has 0 amide bonds. The van der Waals surface area contributed by atoms with Gasteiger partial charge in [-0.25, -0.2) is 0 Å². The van der Waals surface area contributed by atoms with Gasteiger partial charge in [0.1, 0.15) is 0 Å². The lowest BCUT2D eigenvalue weighted by Gasteiger charge is -2.16. The van der Waals surface area contributed by atoms with Gasteiger partial charge in [-0.15, -0.1) is 11.3 Å². The summed E-state index contributed by atoms with van der Waals surface area (Å²) in [5.41, 5.74) is 1.78. The minimum atomic E-state index is 0.291. The molecule has 2 rings (SSSR count). The summed E-state index contributed by atoms with van der Waals surface area (Å²) in [4.78, 5) is 0. The molecule has 0 radical (unpaired) electrons. The largest absolute Gasteiger partial charge is 0.150 e. The van der Waals surface area contributed by atoms with E-state index in [-0.39, 0.29) is 0 Å². The monoisotopic (exact) mass is 196 g/mol. The molecule has 2 aromatic rings. The van der Waals surface area contributed by atoms with E-state index in [2.05, 4.69) is 36.9 Å². The van der Waals surface area contributed by atoms with Crippen LogP contribution < -0.4 is 0 Å². The van der Waals surface area contributed by atoms with Crippen molar-refractivity contribution in [3.63, 3.8) is 0 Å². The second-order valence-electron chi connectivity index (χ2n) is 4.05. The summed E-state index contributed by atoms with van der Waals surface area (Å²) in [5.74, 6) is 0. The maximum Gasteiger partial charge on any atom is 0.0452 e. The van der Waals surface area contributed by atoms with Gasteiger partial charge in [-0.3, -0.25) is 0 Å².